The molecule has 0 aliphatic carbocycles. The van der Waals surface area contributed by atoms with Gasteiger partial charge in [-0.25, -0.2) is 0 Å². The van der Waals surface area contributed by atoms with Gasteiger partial charge in [0.15, 0.2) is 0 Å². The Kier molecular flexibility index (Phi) is 5.88. The lowest BCUT2D eigenvalue weighted by atomic mass is 10.1. The standard InChI is InChI=1S/C18H20ClNO3/c1-20(12-13-4-7-16(22-2)8-5-13)18(21)11-14-10-15(19)6-9-17(14)23-3/h4-10H,11-12H2,1-3H3. The molecule has 0 saturated heterocycles. The summed E-state index contributed by atoms with van der Waals surface area (Å²) in [6.45, 7) is 0.533. The fourth-order valence-electron chi connectivity index (χ4n) is 2.28. The van der Waals surface area contributed by atoms with Crippen molar-refractivity contribution in [1.29, 1.82) is 0 Å². The molecule has 0 unspecified atom stereocenters. The van der Waals surface area contributed by atoms with E-state index in [1.54, 1.807) is 44.4 Å². The van der Waals surface area contributed by atoms with Crippen LogP contribution in [0, 0.1) is 0 Å². The van der Waals surface area contributed by atoms with Crippen molar-refractivity contribution >= 4 is 17.5 Å². The summed E-state index contributed by atoms with van der Waals surface area (Å²) in [6.07, 6.45) is 0.246. The lowest BCUT2D eigenvalue weighted by molar-refractivity contribution is -0.129. The van der Waals surface area contributed by atoms with Gasteiger partial charge in [-0.3, -0.25) is 4.79 Å². The number of methoxy groups -OCH3 is 2. The molecule has 0 saturated carbocycles. The molecule has 0 bridgehead atoms. The number of hydrogen-bond donors (Lipinski definition) is 0. The van der Waals surface area contributed by atoms with Gasteiger partial charge in [0.2, 0.25) is 5.91 Å². The van der Waals surface area contributed by atoms with E-state index in [-0.39, 0.29) is 12.3 Å². The molecule has 122 valence electrons. The average molecular weight is 334 g/mol. The van der Waals surface area contributed by atoms with Crippen molar-refractivity contribution in [2.75, 3.05) is 21.3 Å². The number of amides is 1. The van der Waals surface area contributed by atoms with Crippen molar-refractivity contribution in [1.82, 2.24) is 4.90 Å². The zero-order valence-corrected chi connectivity index (χ0v) is 14.3. The summed E-state index contributed by atoms with van der Waals surface area (Å²) >= 11 is 6.00. The van der Waals surface area contributed by atoms with Gasteiger partial charge in [-0.15, -0.1) is 0 Å². The van der Waals surface area contributed by atoms with Gasteiger partial charge in [-0.1, -0.05) is 23.7 Å². The molecule has 23 heavy (non-hydrogen) atoms. The van der Waals surface area contributed by atoms with E-state index in [1.165, 1.54) is 0 Å². The minimum Gasteiger partial charge on any atom is -0.497 e. The molecule has 4 nitrogen and oxygen atoms in total. The molecular formula is C18H20ClNO3. The Morgan fingerprint density at radius 3 is 2.39 bits per heavy atom. The van der Waals surface area contributed by atoms with Crippen LogP contribution in [0.2, 0.25) is 5.02 Å². The molecule has 2 aromatic rings. The highest BCUT2D eigenvalue weighted by Gasteiger charge is 2.14. The fourth-order valence-corrected chi connectivity index (χ4v) is 2.47. The van der Waals surface area contributed by atoms with Crippen molar-refractivity contribution in [2.45, 2.75) is 13.0 Å². The first-order valence-corrected chi connectivity index (χ1v) is 7.60. The first kappa shape index (κ1) is 17.2. The molecule has 2 rings (SSSR count). The Hall–Kier alpha value is -2.20. The molecule has 2 aromatic carbocycles. The third-order valence-corrected chi connectivity index (χ3v) is 3.82. The molecule has 0 heterocycles. The number of rotatable bonds is 6. The Bertz CT molecular complexity index is 670. The number of benzene rings is 2. The molecule has 0 aliphatic rings. The van der Waals surface area contributed by atoms with Crippen LogP contribution >= 0.6 is 11.6 Å². The van der Waals surface area contributed by atoms with Crippen LogP contribution in [0.25, 0.3) is 0 Å². The maximum Gasteiger partial charge on any atom is 0.227 e. The lowest BCUT2D eigenvalue weighted by Crippen LogP contribution is -2.27. The summed E-state index contributed by atoms with van der Waals surface area (Å²) < 4.78 is 10.4. The highest BCUT2D eigenvalue weighted by Crippen LogP contribution is 2.23. The zero-order valence-electron chi connectivity index (χ0n) is 13.5. The van der Waals surface area contributed by atoms with Crippen LogP contribution in [0.4, 0.5) is 0 Å². The summed E-state index contributed by atoms with van der Waals surface area (Å²) in [5, 5.41) is 0.589. The second-order valence-electron chi connectivity index (χ2n) is 5.23. The fraction of sp³-hybridized carbons (Fsp3) is 0.278. The molecule has 0 aromatic heterocycles. The van der Waals surface area contributed by atoms with Gasteiger partial charge in [0.1, 0.15) is 11.5 Å². The van der Waals surface area contributed by atoms with Gasteiger partial charge in [-0.05, 0) is 35.9 Å². The zero-order chi connectivity index (χ0) is 16.8. The van der Waals surface area contributed by atoms with E-state index in [9.17, 15) is 4.79 Å². The molecule has 1 amide bonds. The third kappa shape index (κ3) is 4.63. The lowest BCUT2D eigenvalue weighted by Gasteiger charge is -2.18. The molecular weight excluding hydrogens is 314 g/mol. The summed E-state index contributed by atoms with van der Waals surface area (Å²) in [5.74, 6) is 1.47. The molecule has 0 N–H and O–H groups in total. The number of carbonyl (C=O) groups is 1. The Labute approximate surface area is 141 Å². The summed E-state index contributed by atoms with van der Waals surface area (Å²) in [5.41, 5.74) is 1.83. The van der Waals surface area contributed by atoms with Gasteiger partial charge < -0.3 is 14.4 Å². The van der Waals surface area contributed by atoms with Gasteiger partial charge in [0.25, 0.3) is 0 Å². The Morgan fingerprint density at radius 1 is 1.09 bits per heavy atom. The maximum absolute atomic E-state index is 12.4. The number of halogens is 1. The van der Waals surface area contributed by atoms with Gasteiger partial charge in [0, 0.05) is 24.2 Å². The van der Waals surface area contributed by atoms with Crippen molar-refractivity contribution < 1.29 is 14.3 Å². The smallest absolute Gasteiger partial charge is 0.227 e. The first-order valence-electron chi connectivity index (χ1n) is 7.22. The SMILES string of the molecule is COc1ccc(CN(C)C(=O)Cc2cc(Cl)ccc2OC)cc1. The van der Waals surface area contributed by atoms with Crippen LogP contribution in [0.5, 0.6) is 11.5 Å². The summed E-state index contributed by atoms with van der Waals surface area (Å²) in [6, 6.07) is 12.9. The topological polar surface area (TPSA) is 38.8 Å². The highest BCUT2D eigenvalue weighted by molar-refractivity contribution is 6.30. The molecule has 5 heteroatoms. The largest absolute Gasteiger partial charge is 0.497 e. The number of hydrogen-bond acceptors (Lipinski definition) is 3. The van der Waals surface area contributed by atoms with Gasteiger partial charge in [-0.2, -0.15) is 0 Å². The van der Waals surface area contributed by atoms with Crippen LogP contribution in [-0.2, 0) is 17.8 Å². The number of nitrogens with zero attached hydrogens (tertiary/aromatic N) is 1. The van der Waals surface area contributed by atoms with Crippen molar-refractivity contribution in [3.05, 3.63) is 58.6 Å². The van der Waals surface area contributed by atoms with Gasteiger partial charge >= 0.3 is 0 Å². The Morgan fingerprint density at radius 2 is 1.78 bits per heavy atom. The van der Waals surface area contributed by atoms with Crippen LogP contribution in [0.3, 0.4) is 0 Å². The quantitative estimate of drug-likeness (QED) is 0.811. The third-order valence-electron chi connectivity index (χ3n) is 3.59. The molecule has 0 aliphatic heterocycles. The molecule has 0 radical (unpaired) electrons. The number of carbonyl (C=O) groups excluding carboxylic acids is 1. The van der Waals surface area contributed by atoms with E-state index in [1.807, 2.05) is 24.3 Å². The minimum absolute atomic E-state index is 0.00128. The van der Waals surface area contributed by atoms with Crippen molar-refractivity contribution in [2.24, 2.45) is 0 Å². The van der Waals surface area contributed by atoms with E-state index in [2.05, 4.69) is 0 Å². The second-order valence-corrected chi connectivity index (χ2v) is 5.67. The van der Waals surface area contributed by atoms with Crippen molar-refractivity contribution in [3.8, 4) is 11.5 Å². The van der Waals surface area contributed by atoms with E-state index >= 15 is 0 Å². The Balaban J connectivity index is 2.03. The van der Waals surface area contributed by atoms with Crippen LogP contribution in [0.15, 0.2) is 42.5 Å². The molecule has 0 fully saturated rings. The van der Waals surface area contributed by atoms with Crippen molar-refractivity contribution in [3.63, 3.8) is 0 Å². The average Bonchev–Trinajstić information content (AvgIpc) is 2.55. The van der Waals surface area contributed by atoms with E-state index in [4.69, 9.17) is 21.1 Å². The summed E-state index contributed by atoms with van der Waals surface area (Å²) in [4.78, 5) is 14.1. The van der Waals surface area contributed by atoms with E-state index in [0.717, 1.165) is 16.9 Å². The maximum atomic E-state index is 12.4. The summed E-state index contributed by atoms with van der Waals surface area (Å²) in [7, 11) is 4.99. The monoisotopic (exact) mass is 333 g/mol. The van der Waals surface area contributed by atoms with Crippen LogP contribution in [0.1, 0.15) is 11.1 Å². The van der Waals surface area contributed by atoms with Crippen LogP contribution < -0.4 is 9.47 Å². The van der Waals surface area contributed by atoms with E-state index < -0.39 is 0 Å². The van der Waals surface area contributed by atoms with Crippen LogP contribution in [-0.4, -0.2) is 32.1 Å². The number of likely N-dealkylation sites (N-methyl/N-ethyl adjacent to an activating group) is 1. The second kappa shape index (κ2) is 7.88. The van der Waals surface area contributed by atoms with E-state index in [0.29, 0.717) is 17.3 Å². The highest BCUT2D eigenvalue weighted by atomic mass is 35.5. The molecule has 0 spiro atoms. The first-order chi connectivity index (χ1) is 11.0. The predicted octanol–water partition coefficient (Wildman–Crippen LogP) is 3.56. The predicted molar refractivity (Wildman–Crippen MR) is 91.2 cm³/mol. The number of ether oxygens (including phenoxy) is 2. The minimum atomic E-state index is 0.00128. The normalized spacial score (nSPS) is 10.3. The van der Waals surface area contributed by atoms with Gasteiger partial charge in [0.05, 0.1) is 20.6 Å². The molecule has 0 atom stereocenters.